The normalized spacial score (nSPS) is 36.5. The first-order chi connectivity index (χ1) is 16.7. The summed E-state index contributed by atoms with van der Waals surface area (Å²) in [6, 6.07) is 4.25. The van der Waals surface area contributed by atoms with Crippen molar-refractivity contribution in [3.8, 4) is 0 Å². The quantitative estimate of drug-likeness (QED) is 0.280. The molecule has 5 rings (SSSR count). The zero-order valence-electron chi connectivity index (χ0n) is 21.3. The molecule has 0 amide bonds. The van der Waals surface area contributed by atoms with Crippen molar-refractivity contribution in [1.29, 1.82) is 0 Å². The van der Waals surface area contributed by atoms with Crippen LogP contribution in [0.3, 0.4) is 0 Å². The predicted molar refractivity (Wildman–Crippen MR) is 132 cm³/mol. The zero-order valence-corrected chi connectivity index (χ0v) is 21.3. The highest BCUT2D eigenvalue weighted by molar-refractivity contribution is 5.72. The summed E-state index contributed by atoms with van der Waals surface area (Å²) in [4.78, 5) is 27.6. The first kappa shape index (κ1) is 24.1. The summed E-state index contributed by atoms with van der Waals surface area (Å²) in [6.07, 6.45) is 14.2. The highest BCUT2D eigenvalue weighted by atomic mass is 16.8. The molecular weight excluding hydrogens is 442 g/mol. The third-order valence-electron chi connectivity index (χ3n) is 9.47. The van der Waals surface area contributed by atoms with E-state index in [1.807, 2.05) is 18.5 Å². The van der Waals surface area contributed by atoms with E-state index in [1.165, 1.54) is 43.4 Å². The third-order valence-corrected chi connectivity index (χ3v) is 9.47. The Morgan fingerprint density at radius 2 is 1.86 bits per heavy atom. The number of pyridine rings is 1. The van der Waals surface area contributed by atoms with E-state index in [4.69, 9.17) is 14.2 Å². The maximum atomic E-state index is 12.2. The van der Waals surface area contributed by atoms with Gasteiger partial charge in [0, 0.05) is 32.7 Å². The Morgan fingerprint density at radius 1 is 1.06 bits per heavy atom. The molecule has 4 aliphatic carbocycles. The monoisotopic (exact) mass is 479 g/mol. The van der Waals surface area contributed by atoms with Crippen LogP contribution in [-0.2, 0) is 19.0 Å². The summed E-state index contributed by atoms with van der Waals surface area (Å²) in [5.74, 6) is 1.52. The smallest absolute Gasteiger partial charge is 0.431 e. The Balaban J connectivity index is 1.27. The topological polar surface area (TPSA) is 74.7 Å². The van der Waals surface area contributed by atoms with E-state index in [9.17, 15) is 9.59 Å². The van der Waals surface area contributed by atoms with E-state index in [1.54, 1.807) is 0 Å². The molecule has 1 aromatic rings. The van der Waals surface area contributed by atoms with Gasteiger partial charge in [0.15, 0.2) is 0 Å². The van der Waals surface area contributed by atoms with Crippen molar-refractivity contribution in [2.24, 2.45) is 28.6 Å². The molecule has 0 N–H and O–H groups in total. The molecule has 2 fully saturated rings. The first-order valence-electron chi connectivity index (χ1n) is 13.1. The van der Waals surface area contributed by atoms with Gasteiger partial charge in [-0.05, 0) is 84.3 Å². The van der Waals surface area contributed by atoms with Gasteiger partial charge in [0.2, 0.25) is 6.29 Å². The highest BCUT2D eigenvalue weighted by Crippen LogP contribution is 2.66. The minimum absolute atomic E-state index is 0.163. The fraction of sp³-hybridized carbons (Fsp3) is 0.621. The SMILES string of the molecule is CC(=O)OC(C)OC(=O)O[C@H]1CC[C@@]2(C)C(=CC[C@@H]3[C@@H]2CC[C@]2(C)C(c4cccnc4)=CC[C@@H]32)C1. The molecule has 7 atom stereocenters. The predicted octanol–water partition coefficient (Wildman–Crippen LogP) is 6.47. The summed E-state index contributed by atoms with van der Waals surface area (Å²) >= 11 is 0. The van der Waals surface area contributed by atoms with Gasteiger partial charge in [-0.2, -0.15) is 0 Å². The second kappa shape index (κ2) is 9.11. The van der Waals surface area contributed by atoms with E-state index in [-0.39, 0.29) is 16.9 Å². The van der Waals surface area contributed by atoms with E-state index >= 15 is 0 Å². The number of ether oxygens (including phenoxy) is 3. The number of allylic oxidation sites excluding steroid dienone is 3. The Kier molecular flexibility index (Phi) is 6.27. The molecule has 4 aliphatic rings. The fourth-order valence-electron chi connectivity index (χ4n) is 7.82. The van der Waals surface area contributed by atoms with Crippen LogP contribution in [0.1, 0.15) is 78.2 Å². The Hall–Kier alpha value is -2.63. The lowest BCUT2D eigenvalue weighted by molar-refractivity contribution is -0.166. The molecule has 2 saturated carbocycles. The zero-order chi connectivity index (χ0) is 24.8. The van der Waals surface area contributed by atoms with Gasteiger partial charge < -0.3 is 14.2 Å². The summed E-state index contributed by atoms with van der Waals surface area (Å²) < 4.78 is 15.6. The highest BCUT2D eigenvalue weighted by Gasteiger charge is 2.57. The van der Waals surface area contributed by atoms with Gasteiger partial charge in [-0.3, -0.25) is 9.78 Å². The minimum atomic E-state index is -0.948. The van der Waals surface area contributed by atoms with Gasteiger partial charge >= 0.3 is 12.1 Å². The van der Waals surface area contributed by atoms with Crippen LogP contribution in [0.5, 0.6) is 0 Å². The van der Waals surface area contributed by atoms with Crippen molar-refractivity contribution >= 4 is 17.7 Å². The summed E-state index contributed by atoms with van der Waals surface area (Å²) in [6.45, 7) is 7.72. The second-order valence-electron chi connectivity index (χ2n) is 11.3. The van der Waals surface area contributed by atoms with Crippen LogP contribution in [0, 0.1) is 28.6 Å². The van der Waals surface area contributed by atoms with Crippen molar-refractivity contribution in [1.82, 2.24) is 4.98 Å². The molecule has 0 aromatic carbocycles. The van der Waals surface area contributed by atoms with Crippen molar-refractivity contribution in [3.05, 3.63) is 47.8 Å². The number of hydrogen-bond donors (Lipinski definition) is 0. The largest absolute Gasteiger partial charge is 0.511 e. The van der Waals surface area contributed by atoms with E-state index in [0.29, 0.717) is 17.8 Å². The fourth-order valence-corrected chi connectivity index (χ4v) is 7.82. The Morgan fingerprint density at radius 3 is 2.60 bits per heavy atom. The molecule has 0 spiro atoms. The van der Waals surface area contributed by atoms with Crippen LogP contribution in [-0.4, -0.2) is 29.5 Å². The van der Waals surface area contributed by atoms with Gasteiger partial charge in [0.1, 0.15) is 6.10 Å². The van der Waals surface area contributed by atoms with Crippen LogP contribution in [0.15, 0.2) is 42.3 Å². The Labute approximate surface area is 208 Å². The average Bonchev–Trinajstić information content (AvgIpc) is 3.16. The van der Waals surface area contributed by atoms with Crippen molar-refractivity contribution in [2.45, 2.75) is 85.0 Å². The maximum Gasteiger partial charge on any atom is 0.511 e. The molecule has 1 unspecified atom stereocenters. The van der Waals surface area contributed by atoms with Crippen molar-refractivity contribution < 1.29 is 23.8 Å². The van der Waals surface area contributed by atoms with Crippen molar-refractivity contribution in [2.75, 3.05) is 0 Å². The van der Waals surface area contributed by atoms with Crippen LogP contribution < -0.4 is 0 Å². The standard InChI is InChI=1S/C29H37NO5/c1-18(31)33-19(2)34-27(32)35-22-11-13-28(3)21(16-22)7-8-23-25-10-9-24(20-6-5-15-30-17-20)29(25,4)14-12-26(23)28/h5-7,9,15,17,19,22-23,25-26H,8,10-14,16H2,1-4H3/t19?,22-,23-,25-,26-,28-,29+/m0/s1. The molecule has 188 valence electrons. The molecule has 0 aliphatic heterocycles. The van der Waals surface area contributed by atoms with Gasteiger partial charge in [0.05, 0.1) is 0 Å². The van der Waals surface area contributed by atoms with Gasteiger partial charge in [-0.25, -0.2) is 4.79 Å². The van der Waals surface area contributed by atoms with Crippen molar-refractivity contribution in [3.63, 3.8) is 0 Å². The van der Waals surface area contributed by atoms with Gasteiger partial charge in [-0.1, -0.05) is 37.6 Å². The third kappa shape index (κ3) is 4.30. The molecule has 6 nitrogen and oxygen atoms in total. The number of carbonyl (C=O) groups is 2. The van der Waals surface area contributed by atoms with Gasteiger partial charge in [0.25, 0.3) is 0 Å². The average molecular weight is 480 g/mol. The summed E-state index contributed by atoms with van der Waals surface area (Å²) in [5, 5.41) is 0. The molecule has 1 aromatic heterocycles. The molecule has 6 heteroatoms. The summed E-state index contributed by atoms with van der Waals surface area (Å²) in [5.41, 5.74) is 4.59. The number of esters is 1. The lowest BCUT2D eigenvalue weighted by atomic mass is 9.47. The van der Waals surface area contributed by atoms with E-state index < -0.39 is 18.4 Å². The summed E-state index contributed by atoms with van der Waals surface area (Å²) in [7, 11) is 0. The number of hydrogen-bond acceptors (Lipinski definition) is 6. The number of nitrogens with zero attached hydrogens (tertiary/aromatic N) is 1. The first-order valence-corrected chi connectivity index (χ1v) is 13.1. The van der Waals surface area contributed by atoms with Crippen LogP contribution in [0.25, 0.3) is 5.57 Å². The maximum absolute atomic E-state index is 12.2. The molecule has 0 saturated heterocycles. The van der Waals surface area contributed by atoms with E-state index in [0.717, 1.165) is 32.1 Å². The number of rotatable bonds is 4. The lowest BCUT2D eigenvalue weighted by Gasteiger charge is -2.57. The van der Waals surface area contributed by atoms with Crippen LogP contribution >= 0.6 is 0 Å². The van der Waals surface area contributed by atoms with E-state index in [2.05, 4.69) is 37.0 Å². The molecular formula is C29H37NO5. The minimum Gasteiger partial charge on any atom is -0.431 e. The van der Waals surface area contributed by atoms with Crippen LogP contribution in [0.2, 0.25) is 0 Å². The molecule has 1 heterocycles. The molecule has 0 radical (unpaired) electrons. The van der Waals surface area contributed by atoms with Crippen LogP contribution in [0.4, 0.5) is 4.79 Å². The number of aromatic nitrogens is 1. The lowest BCUT2D eigenvalue weighted by Crippen LogP contribution is -2.50. The number of carbonyl (C=O) groups excluding carboxylic acids is 2. The molecule has 0 bridgehead atoms. The number of fused-ring (bicyclic) bond motifs is 5. The molecule has 35 heavy (non-hydrogen) atoms. The second-order valence-corrected chi connectivity index (χ2v) is 11.3. The van der Waals surface area contributed by atoms with Gasteiger partial charge in [-0.15, -0.1) is 0 Å². The Bertz CT molecular complexity index is 1050.